The van der Waals surface area contributed by atoms with E-state index in [4.69, 9.17) is 0 Å². The van der Waals surface area contributed by atoms with Gasteiger partial charge in [-0.15, -0.1) is 0 Å². The fraction of sp³-hybridized carbons (Fsp3) is 0.167. The summed E-state index contributed by atoms with van der Waals surface area (Å²) in [4.78, 5) is 0. The first kappa shape index (κ1) is 19.8. The molecule has 111 valence electrons. The molecule has 0 radical (unpaired) electrons. The summed E-state index contributed by atoms with van der Waals surface area (Å²) < 4.78 is 1.55. The average molecular weight is 424 g/mol. The Morgan fingerprint density at radius 3 is 2.00 bits per heavy atom. The standard InChI is InChI=1S/C18H17Si.2ClH.Zr/c1-13-12-15-10-7-11-16(14-8-5-4-6-9-14)17(15)18(13)19(2)3;;;/h4-11H,1-3H3;2*1H;/q;;;+2/p-2. The van der Waals surface area contributed by atoms with Gasteiger partial charge in [-0.1, -0.05) is 0 Å². The SMILES string of the molecule is CC1=[C]([Zr+2])c2cccc(-c3ccccc3)c2C1=[Si](C)C.[Cl-].[Cl-]. The molecule has 2 aromatic carbocycles. The van der Waals surface area contributed by atoms with Crippen molar-refractivity contribution in [2.75, 3.05) is 0 Å². The molecule has 0 aromatic heterocycles. The molecular weight excluding hydrogens is 406 g/mol. The summed E-state index contributed by atoms with van der Waals surface area (Å²) >= 11 is 1.53. The fourth-order valence-corrected chi connectivity index (χ4v) is 5.80. The molecule has 0 saturated heterocycles. The molecule has 0 bridgehead atoms. The van der Waals surface area contributed by atoms with Gasteiger partial charge < -0.3 is 24.8 Å². The summed E-state index contributed by atoms with van der Waals surface area (Å²) in [6.45, 7) is 7.12. The molecule has 0 amide bonds. The summed E-state index contributed by atoms with van der Waals surface area (Å²) in [5.74, 6) is 0. The first-order valence-electron chi connectivity index (χ1n) is 6.90. The molecule has 0 N–H and O–H groups in total. The van der Waals surface area contributed by atoms with Crippen molar-refractivity contribution in [2.45, 2.75) is 20.0 Å². The molecule has 1 aliphatic rings. The number of halogens is 2. The van der Waals surface area contributed by atoms with Gasteiger partial charge in [-0.3, -0.25) is 0 Å². The van der Waals surface area contributed by atoms with Crippen LogP contribution in [0, 0.1) is 0 Å². The van der Waals surface area contributed by atoms with Gasteiger partial charge in [0.25, 0.3) is 0 Å². The van der Waals surface area contributed by atoms with Crippen LogP contribution in [0.4, 0.5) is 0 Å². The van der Waals surface area contributed by atoms with Gasteiger partial charge in [-0.05, 0) is 0 Å². The molecule has 0 atom stereocenters. The second-order valence-electron chi connectivity index (χ2n) is 5.47. The van der Waals surface area contributed by atoms with Crippen LogP contribution in [0.2, 0.25) is 13.1 Å². The van der Waals surface area contributed by atoms with Gasteiger partial charge in [0, 0.05) is 0 Å². The van der Waals surface area contributed by atoms with Crippen LogP contribution in [0.1, 0.15) is 18.1 Å². The second kappa shape index (κ2) is 8.02. The number of hydrogen-bond acceptors (Lipinski definition) is 0. The van der Waals surface area contributed by atoms with Gasteiger partial charge in [0.2, 0.25) is 0 Å². The Balaban J connectivity index is 0.00000121. The van der Waals surface area contributed by atoms with Gasteiger partial charge in [-0.25, -0.2) is 0 Å². The zero-order chi connectivity index (χ0) is 14.3. The quantitative estimate of drug-likeness (QED) is 0.491. The Labute approximate surface area is 161 Å². The van der Waals surface area contributed by atoms with Crippen molar-refractivity contribution < 1.29 is 49.5 Å². The van der Waals surface area contributed by atoms with E-state index in [1.165, 1.54) is 47.0 Å². The number of allylic oxidation sites excluding steroid dienone is 1. The topological polar surface area (TPSA) is 0 Å². The molecule has 2 aromatic rings. The van der Waals surface area contributed by atoms with Crippen LogP contribution in [0.3, 0.4) is 0 Å². The molecule has 4 heteroatoms. The first-order chi connectivity index (χ1) is 9.61. The van der Waals surface area contributed by atoms with Gasteiger partial charge in [0.05, 0.1) is 0 Å². The van der Waals surface area contributed by atoms with Crippen molar-refractivity contribution in [3.8, 4) is 11.1 Å². The smallest absolute Gasteiger partial charge is 1.00 e. The minimum absolute atomic E-state index is 0. The van der Waals surface area contributed by atoms with Crippen molar-refractivity contribution in [3.05, 3.63) is 65.2 Å². The zero-order valence-corrected chi connectivity index (χ0v) is 17.8. The summed E-state index contributed by atoms with van der Waals surface area (Å²) in [7, 11) is -0.461. The summed E-state index contributed by atoms with van der Waals surface area (Å²) in [5.41, 5.74) is 7.27. The minimum Gasteiger partial charge on any atom is -1.00 e. The number of benzene rings is 2. The third kappa shape index (κ3) is 3.31. The van der Waals surface area contributed by atoms with E-state index in [0.29, 0.717) is 0 Å². The van der Waals surface area contributed by atoms with E-state index in [2.05, 4.69) is 68.5 Å². The predicted octanol–water partition coefficient (Wildman–Crippen LogP) is -1.49. The van der Waals surface area contributed by atoms with Gasteiger partial charge in [0.1, 0.15) is 0 Å². The van der Waals surface area contributed by atoms with Crippen LogP contribution in [-0.4, -0.2) is 13.6 Å². The van der Waals surface area contributed by atoms with E-state index in [9.17, 15) is 0 Å². The maximum absolute atomic E-state index is 2.41. The van der Waals surface area contributed by atoms with Gasteiger partial charge >= 0.3 is 138 Å². The molecule has 0 nitrogen and oxygen atoms in total. The summed E-state index contributed by atoms with van der Waals surface area (Å²) in [6.07, 6.45) is 0. The zero-order valence-electron chi connectivity index (χ0n) is 12.9. The minimum atomic E-state index is -0.461. The Morgan fingerprint density at radius 2 is 1.41 bits per heavy atom. The Bertz CT molecular complexity index is 745. The van der Waals surface area contributed by atoms with E-state index in [1.807, 2.05) is 0 Å². The largest absolute Gasteiger partial charge is 1.00 e. The third-order valence-corrected chi connectivity index (χ3v) is 7.13. The van der Waals surface area contributed by atoms with E-state index in [1.54, 1.807) is 14.0 Å². The molecule has 0 saturated carbocycles. The monoisotopic (exact) mass is 421 g/mol. The van der Waals surface area contributed by atoms with E-state index >= 15 is 0 Å². The molecule has 0 fully saturated rings. The molecule has 22 heavy (non-hydrogen) atoms. The predicted molar refractivity (Wildman–Crippen MR) is 86.1 cm³/mol. The molecule has 1 aliphatic carbocycles. The van der Waals surface area contributed by atoms with Crippen LogP contribution < -0.4 is 24.8 Å². The molecule has 0 aliphatic heterocycles. The van der Waals surface area contributed by atoms with Crippen LogP contribution >= 0.6 is 0 Å². The van der Waals surface area contributed by atoms with E-state index in [0.717, 1.165) is 0 Å². The summed E-state index contributed by atoms with van der Waals surface area (Å²) in [6, 6.07) is 17.6. The van der Waals surface area contributed by atoms with Crippen LogP contribution in [0.5, 0.6) is 0 Å². The molecule has 0 spiro atoms. The molecule has 3 rings (SSSR count). The Morgan fingerprint density at radius 1 is 0.818 bits per heavy atom. The average Bonchev–Trinajstić information content (AvgIpc) is 2.72. The molecular formula is C18H17Cl2SiZr. The fourth-order valence-electron chi connectivity index (χ4n) is 3.03. The first-order valence-corrected chi connectivity index (χ1v) is 10.6. The normalized spacial score (nSPS) is 12.5. The second-order valence-corrected chi connectivity index (χ2v) is 9.20. The van der Waals surface area contributed by atoms with Crippen LogP contribution in [0.15, 0.2) is 54.1 Å². The van der Waals surface area contributed by atoms with E-state index in [-0.39, 0.29) is 24.8 Å². The van der Waals surface area contributed by atoms with Gasteiger partial charge in [0.15, 0.2) is 0 Å². The Hall–Kier alpha value is -0.270. The van der Waals surface area contributed by atoms with Crippen molar-refractivity contribution in [1.29, 1.82) is 0 Å². The third-order valence-electron chi connectivity index (χ3n) is 3.92. The number of hydrogen-bond donors (Lipinski definition) is 0. The number of rotatable bonds is 1. The molecule has 0 heterocycles. The van der Waals surface area contributed by atoms with Crippen LogP contribution in [0.25, 0.3) is 14.4 Å². The summed E-state index contributed by atoms with van der Waals surface area (Å²) in [5, 5.41) is 1.64. The van der Waals surface area contributed by atoms with Crippen LogP contribution in [-0.2, 0) is 24.7 Å². The Kier molecular flexibility index (Phi) is 7.20. The number of fused-ring (bicyclic) bond motifs is 1. The maximum Gasteiger partial charge on any atom is -1.00 e. The van der Waals surface area contributed by atoms with Gasteiger partial charge in [-0.2, -0.15) is 0 Å². The van der Waals surface area contributed by atoms with E-state index < -0.39 is 8.41 Å². The van der Waals surface area contributed by atoms with Crippen molar-refractivity contribution in [1.82, 2.24) is 0 Å². The van der Waals surface area contributed by atoms with Crippen molar-refractivity contribution in [3.63, 3.8) is 0 Å². The van der Waals surface area contributed by atoms with Crippen molar-refractivity contribution in [2.24, 2.45) is 0 Å². The maximum atomic E-state index is 2.41. The van der Waals surface area contributed by atoms with Crippen molar-refractivity contribution >= 4 is 16.9 Å². The molecule has 0 unspecified atom stereocenters.